The molecule has 1 atom stereocenters. The fourth-order valence-electron chi connectivity index (χ4n) is 1.68. The van der Waals surface area contributed by atoms with Crippen LogP contribution in [0.1, 0.15) is 24.3 Å². The number of carbonyl (C=O) groups is 1. The van der Waals surface area contributed by atoms with E-state index in [0.717, 1.165) is 6.54 Å². The van der Waals surface area contributed by atoms with Gasteiger partial charge in [0.2, 0.25) is 0 Å². The standard InChI is InChI=1S/C9H15N5O/c1-5(2)3-14-7-6(11-4-12-7)8(15)13-9(14)10/h4-5,9H,3,10H2,1-2H3,(H,11,12)(H,13,15). The highest BCUT2D eigenvalue weighted by Crippen LogP contribution is 2.21. The molecule has 0 aromatic carbocycles. The minimum Gasteiger partial charge on any atom is -0.339 e. The molecule has 1 aromatic heterocycles. The number of anilines is 1. The number of nitrogens with zero attached hydrogens (tertiary/aromatic N) is 2. The van der Waals surface area contributed by atoms with Crippen LogP contribution in [0.5, 0.6) is 0 Å². The summed E-state index contributed by atoms with van der Waals surface area (Å²) in [4.78, 5) is 20.3. The number of hydrogen-bond donors (Lipinski definition) is 3. The van der Waals surface area contributed by atoms with Crippen LogP contribution in [0.2, 0.25) is 0 Å². The summed E-state index contributed by atoms with van der Waals surface area (Å²) in [6.45, 7) is 4.95. The van der Waals surface area contributed by atoms with Gasteiger partial charge in [-0.25, -0.2) is 4.98 Å². The van der Waals surface area contributed by atoms with Crippen LogP contribution in [0.4, 0.5) is 5.82 Å². The number of nitrogens with one attached hydrogen (secondary N) is 2. The minimum absolute atomic E-state index is 0.199. The first-order chi connectivity index (χ1) is 7.09. The Hall–Kier alpha value is -1.56. The Labute approximate surface area is 87.9 Å². The van der Waals surface area contributed by atoms with Crippen molar-refractivity contribution in [2.75, 3.05) is 11.4 Å². The average molecular weight is 209 g/mol. The number of aromatic amines is 1. The molecule has 6 nitrogen and oxygen atoms in total. The fourth-order valence-corrected chi connectivity index (χ4v) is 1.68. The lowest BCUT2D eigenvalue weighted by molar-refractivity contribution is 0.0922. The summed E-state index contributed by atoms with van der Waals surface area (Å²) in [7, 11) is 0. The lowest BCUT2D eigenvalue weighted by Crippen LogP contribution is -2.59. The largest absolute Gasteiger partial charge is 0.339 e. The predicted octanol–water partition coefficient (Wildman–Crippen LogP) is -0.142. The van der Waals surface area contributed by atoms with Crippen LogP contribution in [0, 0.1) is 5.92 Å². The SMILES string of the molecule is CC(C)CN1c2nc[nH]c2C(=O)NC1N. The number of carbonyl (C=O) groups excluding carboxylic acids is 1. The first kappa shape index (κ1) is 9.97. The first-order valence-electron chi connectivity index (χ1n) is 4.96. The molecule has 1 unspecified atom stereocenters. The van der Waals surface area contributed by atoms with E-state index in [1.165, 1.54) is 6.33 Å². The lowest BCUT2D eigenvalue weighted by atomic mass is 10.2. The molecule has 0 aliphatic carbocycles. The Morgan fingerprint density at radius 3 is 3.07 bits per heavy atom. The van der Waals surface area contributed by atoms with Crippen LogP contribution < -0.4 is 16.0 Å². The van der Waals surface area contributed by atoms with E-state index >= 15 is 0 Å². The second-order valence-corrected chi connectivity index (χ2v) is 4.07. The van der Waals surface area contributed by atoms with Crippen LogP contribution >= 0.6 is 0 Å². The zero-order valence-corrected chi connectivity index (χ0v) is 8.82. The van der Waals surface area contributed by atoms with Crippen LogP contribution in [0.25, 0.3) is 0 Å². The zero-order valence-electron chi connectivity index (χ0n) is 8.82. The summed E-state index contributed by atoms with van der Waals surface area (Å²) in [6.07, 6.45) is 1.02. The second-order valence-electron chi connectivity index (χ2n) is 4.07. The van der Waals surface area contributed by atoms with Gasteiger partial charge in [0.1, 0.15) is 5.69 Å². The van der Waals surface area contributed by atoms with E-state index in [-0.39, 0.29) is 5.91 Å². The molecule has 1 aliphatic rings. The molecule has 2 heterocycles. The number of H-pyrrole nitrogens is 1. The van der Waals surface area contributed by atoms with Gasteiger partial charge >= 0.3 is 0 Å². The molecule has 0 saturated heterocycles. The van der Waals surface area contributed by atoms with Gasteiger partial charge in [-0.3, -0.25) is 10.5 Å². The Bertz CT molecular complexity index is 372. The molecule has 6 heteroatoms. The Morgan fingerprint density at radius 2 is 2.40 bits per heavy atom. The quantitative estimate of drug-likeness (QED) is 0.632. The number of fused-ring (bicyclic) bond motifs is 1. The number of aromatic nitrogens is 2. The fraction of sp³-hybridized carbons (Fsp3) is 0.556. The number of hydrogen-bond acceptors (Lipinski definition) is 4. The average Bonchev–Trinajstić information content (AvgIpc) is 2.60. The van der Waals surface area contributed by atoms with Gasteiger partial charge in [-0.15, -0.1) is 0 Å². The molecule has 4 N–H and O–H groups in total. The van der Waals surface area contributed by atoms with Crippen molar-refractivity contribution < 1.29 is 4.79 Å². The molecule has 1 aromatic rings. The highest BCUT2D eigenvalue weighted by atomic mass is 16.2. The second kappa shape index (κ2) is 3.54. The molecular weight excluding hydrogens is 194 g/mol. The van der Waals surface area contributed by atoms with Crippen molar-refractivity contribution in [3.8, 4) is 0 Å². The number of nitrogens with two attached hydrogens (primary N) is 1. The van der Waals surface area contributed by atoms with E-state index in [2.05, 4.69) is 29.1 Å². The Morgan fingerprint density at radius 1 is 1.67 bits per heavy atom. The third-order valence-corrected chi connectivity index (χ3v) is 2.30. The van der Waals surface area contributed by atoms with Crippen molar-refractivity contribution in [1.29, 1.82) is 0 Å². The topological polar surface area (TPSA) is 87.0 Å². The highest BCUT2D eigenvalue weighted by molar-refractivity contribution is 5.99. The summed E-state index contributed by atoms with van der Waals surface area (Å²) >= 11 is 0. The van der Waals surface area contributed by atoms with Gasteiger partial charge in [0.15, 0.2) is 12.1 Å². The molecule has 0 bridgehead atoms. The summed E-state index contributed by atoms with van der Waals surface area (Å²) in [5, 5.41) is 2.67. The van der Waals surface area contributed by atoms with E-state index in [1.54, 1.807) is 0 Å². The van der Waals surface area contributed by atoms with Crippen LogP contribution in [0.15, 0.2) is 6.33 Å². The van der Waals surface area contributed by atoms with E-state index in [4.69, 9.17) is 5.73 Å². The van der Waals surface area contributed by atoms with Gasteiger partial charge in [0.25, 0.3) is 5.91 Å². The highest BCUT2D eigenvalue weighted by Gasteiger charge is 2.30. The molecule has 1 aliphatic heterocycles. The van der Waals surface area contributed by atoms with Gasteiger partial charge in [0.05, 0.1) is 6.33 Å². The van der Waals surface area contributed by atoms with Crippen LogP contribution in [0.3, 0.4) is 0 Å². The normalized spacial score (nSPS) is 20.4. The number of amides is 1. The van der Waals surface area contributed by atoms with Crippen LogP contribution in [-0.4, -0.2) is 28.7 Å². The van der Waals surface area contributed by atoms with E-state index in [0.29, 0.717) is 17.4 Å². The molecule has 0 radical (unpaired) electrons. The van der Waals surface area contributed by atoms with E-state index in [1.807, 2.05) is 4.90 Å². The van der Waals surface area contributed by atoms with Gasteiger partial charge in [-0.2, -0.15) is 0 Å². The van der Waals surface area contributed by atoms with Crippen molar-refractivity contribution in [2.45, 2.75) is 20.1 Å². The van der Waals surface area contributed by atoms with Gasteiger partial charge in [-0.1, -0.05) is 13.8 Å². The molecule has 0 fully saturated rings. The van der Waals surface area contributed by atoms with Crippen molar-refractivity contribution in [2.24, 2.45) is 11.7 Å². The van der Waals surface area contributed by atoms with Crippen LogP contribution in [-0.2, 0) is 0 Å². The lowest BCUT2D eigenvalue weighted by Gasteiger charge is -2.34. The molecule has 15 heavy (non-hydrogen) atoms. The monoisotopic (exact) mass is 209 g/mol. The molecule has 0 spiro atoms. The third kappa shape index (κ3) is 1.68. The maximum Gasteiger partial charge on any atom is 0.274 e. The molecule has 0 saturated carbocycles. The van der Waals surface area contributed by atoms with Crippen molar-refractivity contribution in [3.63, 3.8) is 0 Å². The molecule has 2 rings (SSSR count). The maximum atomic E-state index is 11.5. The van der Waals surface area contributed by atoms with Crippen molar-refractivity contribution >= 4 is 11.7 Å². The van der Waals surface area contributed by atoms with Crippen molar-refractivity contribution in [3.05, 3.63) is 12.0 Å². The number of imidazole rings is 1. The van der Waals surface area contributed by atoms with Crippen molar-refractivity contribution in [1.82, 2.24) is 15.3 Å². The summed E-state index contributed by atoms with van der Waals surface area (Å²) in [5.41, 5.74) is 6.32. The summed E-state index contributed by atoms with van der Waals surface area (Å²) in [5.74, 6) is 0.894. The molecule has 82 valence electrons. The Balaban J connectivity index is 2.32. The molecular formula is C9H15N5O. The molecule has 1 amide bonds. The van der Waals surface area contributed by atoms with Gasteiger partial charge in [0, 0.05) is 6.54 Å². The van der Waals surface area contributed by atoms with Gasteiger partial charge in [-0.05, 0) is 5.92 Å². The predicted molar refractivity (Wildman–Crippen MR) is 56.2 cm³/mol. The smallest absolute Gasteiger partial charge is 0.274 e. The summed E-state index contributed by atoms with van der Waals surface area (Å²) in [6, 6.07) is 0. The van der Waals surface area contributed by atoms with E-state index < -0.39 is 6.29 Å². The van der Waals surface area contributed by atoms with E-state index in [9.17, 15) is 4.79 Å². The maximum absolute atomic E-state index is 11.5. The zero-order chi connectivity index (χ0) is 11.0. The Kier molecular flexibility index (Phi) is 2.36. The minimum atomic E-state index is -0.490. The number of rotatable bonds is 2. The summed E-state index contributed by atoms with van der Waals surface area (Å²) < 4.78 is 0. The first-order valence-corrected chi connectivity index (χ1v) is 4.96. The third-order valence-electron chi connectivity index (χ3n) is 2.30. The van der Waals surface area contributed by atoms with Gasteiger partial charge < -0.3 is 15.2 Å².